The van der Waals surface area contributed by atoms with Crippen molar-refractivity contribution < 1.29 is 14.7 Å². The van der Waals surface area contributed by atoms with Crippen LogP contribution in [0.3, 0.4) is 0 Å². The predicted octanol–water partition coefficient (Wildman–Crippen LogP) is 1.70. The van der Waals surface area contributed by atoms with E-state index in [-0.39, 0.29) is 23.8 Å². The smallest absolute Gasteiger partial charge is 0.253 e. The number of hydrogen-bond acceptors (Lipinski definition) is 4. The van der Waals surface area contributed by atoms with E-state index in [9.17, 15) is 14.7 Å². The van der Waals surface area contributed by atoms with Crippen LogP contribution in [-0.4, -0.2) is 63.0 Å². The highest BCUT2D eigenvalue weighted by Crippen LogP contribution is 2.30. The van der Waals surface area contributed by atoms with Crippen LogP contribution >= 0.6 is 0 Å². The normalized spacial score (nSPS) is 24.4. The fourth-order valence-corrected chi connectivity index (χ4v) is 4.04. The van der Waals surface area contributed by atoms with E-state index in [1.807, 2.05) is 4.90 Å². The van der Waals surface area contributed by atoms with Gasteiger partial charge in [0.1, 0.15) is 0 Å². The molecule has 1 N–H and O–H groups in total. The minimum Gasteiger partial charge on any atom is -0.388 e. The maximum atomic E-state index is 13.0. The number of aromatic nitrogens is 1. The standard InChI is InChI=1S/C19H27N3O3/c1-19(2,25)16-6-4-12-22(16)18(24)15-5-3-11-21(13-15)17(23)14-7-9-20-10-8-14/h7-10,15-16,25H,3-6,11-13H2,1-2H3/t15-,16+/m1/s1. The Kier molecular flexibility index (Phi) is 5.08. The third-order valence-electron chi connectivity index (χ3n) is 5.34. The van der Waals surface area contributed by atoms with Gasteiger partial charge in [0.05, 0.1) is 17.6 Å². The zero-order valence-corrected chi connectivity index (χ0v) is 15.0. The minimum absolute atomic E-state index is 0.0413. The molecule has 6 nitrogen and oxygen atoms in total. The van der Waals surface area contributed by atoms with Gasteiger partial charge in [-0.2, -0.15) is 0 Å². The second kappa shape index (κ2) is 7.12. The molecule has 25 heavy (non-hydrogen) atoms. The number of hydrogen-bond donors (Lipinski definition) is 1. The zero-order chi connectivity index (χ0) is 18.0. The molecule has 2 saturated heterocycles. The molecule has 2 atom stereocenters. The Morgan fingerprint density at radius 3 is 2.52 bits per heavy atom. The van der Waals surface area contributed by atoms with Crippen LogP contribution in [0, 0.1) is 5.92 Å². The number of piperidine rings is 1. The minimum atomic E-state index is -0.895. The molecule has 0 aromatic carbocycles. The van der Waals surface area contributed by atoms with Gasteiger partial charge in [0.2, 0.25) is 5.91 Å². The van der Waals surface area contributed by atoms with E-state index < -0.39 is 5.60 Å². The van der Waals surface area contributed by atoms with Crippen LogP contribution in [0.5, 0.6) is 0 Å². The first-order chi connectivity index (χ1) is 11.9. The Labute approximate surface area is 148 Å². The van der Waals surface area contributed by atoms with Gasteiger partial charge in [0.25, 0.3) is 5.91 Å². The lowest BCUT2D eigenvalue weighted by molar-refractivity contribution is -0.142. The lowest BCUT2D eigenvalue weighted by Gasteiger charge is -2.38. The van der Waals surface area contributed by atoms with Crippen molar-refractivity contribution in [3.63, 3.8) is 0 Å². The van der Waals surface area contributed by atoms with Crippen LogP contribution < -0.4 is 0 Å². The molecule has 6 heteroatoms. The second-order valence-corrected chi connectivity index (χ2v) is 7.67. The van der Waals surface area contributed by atoms with Gasteiger partial charge in [-0.1, -0.05) is 0 Å². The van der Waals surface area contributed by atoms with Gasteiger partial charge in [-0.25, -0.2) is 0 Å². The highest BCUT2D eigenvalue weighted by atomic mass is 16.3. The fourth-order valence-electron chi connectivity index (χ4n) is 4.04. The number of carbonyl (C=O) groups is 2. The number of nitrogens with zero attached hydrogens (tertiary/aromatic N) is 3. The van der Waals surface area contributed by atoms with E-state index in [4.69, 9.17) is 0 Å². The van der Waals surface area contributed by atoms with Crippen LogP contribution in [0.2, 0.25) is 0 Å². The van der Waals surface area contributed by atoms with Gasteiger partial charge < -0.3 is 14.9 Å². The molecule has 1 aromatic heterocycles. The molecule has 2 aliphatic rings. The monoisotopic (exact) mass is 345 g/mol. The molecular weight excluding hydrogens is 318 g/mol. The first-order valence-electron chi connectivity index (χ1n) is 9.10. The SMILES string of the molecule is CC(C)(O)[C@@H]1CCCN1C(=O)[C@@H]1CCCN(C(=O)c2ccncc2)C1. The summed E-state index contributed by atoms with van der Waals surface area (Å²) in [5.74, 6) is -0.139. The summed E-state index contributed by atoms with van der Waals surface area (Å²) in [7, 11) is 0. The van der Waals surface area contributed by atoms with E-state index in [2.05, 4.69) is 4.98 Å². The molecule has 3 heterocycles. The van der Waals surface area contributed by atoms with E-state index in [1.54, 1.807) is 43.3 Å². The van der Waals surface area contributed by atoms with Crippen molar-refractivity contribution in [2.75, 3.05) is 19.6 Å². The zero-order valence-electron chi connectivity index (χ0n) is 15.0. The molecule has 3 rings (SSSR count). The Hall–Kier alpha value is -1.95. The van der Waals surface area contributed by atoms with Crippen molar-refractivity contribution in [2.24, 2.45) is 5.92 Å². The average Bonchev–Trinajstić information content (AvgIpc) is 3.11. The van der Waals surface area contributed by atoms with Crippen LogP contribution in [0.15, 0.2) is 24.5 Å². The quantitative estimate of drug-likeness (QED) is 0.905. The van der Waals surface area contributed by atoms with Crippen molar-refractivity contribution in [3.8, 4) is 0 Å². The summed E-state index contributed by atoms with van der Waals surface area (Å²) in [5.41, 5.74) is -0.286. The van der Waals surface area contributed by atoms with Crippen LogP contribution in [0.25, 0.3) is 0 Å². The Morgan fingerprint density at radius 2 is 1.84 bits per heavy atom. The maximum absolute atomic E-state index is 13.0. The fraction of sp³-hybridized carbons (Fsp3) is 0.632. The van der Waals surface area contributed by atoms with E-state index >= 15 is 0 Å². The number of likely N-dealkylation sites (tertiary alicyclic amines) is 2. The molecule has 0 bridgehead atoms. The van der Waals surface area contributed by atoms with Crippen molar-refractivity contribution in [2.45, 2.75) is 51.2 Å². The van der Waals surface area contributed by atoms with Gasteiger partial charge in [0.15, 0.2) is 0 Å². The molecule has 2 aliphatic heterocycles. The summed E-state index contributed by atoms with van der Waals surface area (Å²) in [6.07, 6.45) is 6.60. The van der Waals surface area contributed by atoms with Gasteiger partial charge in [-0.3, -0.25) is 14.6 Å². The van der Waals surface area contributed by atoms with Crippen molar-refractivity contribution >= 4 is 11.8 Å². The predicted molar refractivity (Wildman–Crippen MR) is 93.9 cm³/mol. The molecule has 2 fully saturated rings. The summed E-state index contributed by atoms with van der Waals surface area (Å²) >= 11 is 0. The number of carbonyl (C=O) groups excluding carboxylic acids is 2. The molecule has 0 unspecified atom stereocenters. The van der Waals surface area contributed by atoms with Crippen LogP contribution in [0.1, 0.15) is 49.9 Å². The highest BCUT2D eigenvalue weighted by Gasteiger charge is 2.41. The maximum Gasteiger partial charge on any atom is 0.253 e. The van der Waals surface area contributed by atoms with E-state index in [0.29, 0.717) is 25.2 Å². The largest absolute Gasteiger partial charge is 0.388 e. The molecule has 0 aliphatic carbocycles. The summed E-state index contributed by atoms with van der Waals surface area (Å²) in [6, 6.07) is 3.28. The van der Waals surface area contributed by atoms with Crippen LogP contribution in [0.4, 0.5) is 0 Å². The van der Waals surface area contributed by atoms with Gasteiger partial charge >= 0.3 is 0 Å². The number of amides is 2. The Bertz CT molecular complexity index is 627. The third-order valence-corrected chi connectivity index (χ3v) is 5.34. The first kappa shape index (κ1) is 17.9. The average molecular weight is 345 g/mol. The Balaban J connectivity index is 1.69. The molecular formula is C19H27N3O3. The molecule has 0 saturated carbocycles. The third kappa shape index (κ3) is 3.84. The summed E-state index contributed by atoms with van der Waals surface area (Å²) in [4.78, 5) is 33.2. The van der Waals surface area contributed by atoms with Crippen molar-refractivity contribution in [1.29, 1.82) is 0 Å². The first-order valence-corrected chi connectivity index (χ1v) is 9.10. The number of aliphatic hydroxyl groups is 1. The number of pyridine rings is 1. The molecule has 136 valence electrons. The molecule has 0 spiro atoms. The van der Waals surface area contributed by atoms with Crippen LogP contribution in [-0.2, 0) is 4.79 Å². The topological polar surface area (TPSA) is 73.7 Å². The number of rotatable bonds is 3. The highest BCUT2D eigenvalue weighted by molar-refractivity contribution is 5.94. The van der Waals surface area contributed by atoms with Crippen molar-refractivity contribution in [1.82, 2.24) is 14.8 Å². The van der Waals surface area contributed by atoms with Crippen molar-refractivity contribution in [3.05, 3.63) is 30.1 Å². The molecule has 1 aromatic rings. The van der Waals surface area contributed by atoms with Gasteiger partial charge in [-0.05, 0) is 51.7 Å². The molecule has 2 amide bonds. The van der Waals surface area contributed by atoms with E-state index in [1.165, 1.54) is 0 Å². The Morgan fingerprint density at radius 1 is 1.16 bits per heavy atom. The summed E-state index contributed by atoms with van der Waals surface area (Å²) in [5, 5.41) is 10.4. The lowest BCUT2D eigenvalue weighted by atomic mass is 9.92. The van der Waals surface area contributed by atoms with Gasteiger partial charge in [0, 0.05) is 37.6 Å². The van der Waals surface area contributed by atoms with Gasteiger partial charge in [-0.15, -0.1) is 0 Å². The summed E-state index contributed by atoms with van der Waals surface area (Å²) < 4.78 is 0. The second-order valence-electron chi connectivity index (χ2n) is 7.67. The summed E-state index contributed by atoms with van der Waals surface area (Å²) in [6.45, 7) is 5.37. The molecule has 0 radical (unpaired) electrons. The van der Waals surface area contributed by atoms with E-state index in [0.717, 1.165) is 25.7 Å². The lowest BCUT2D eigenvalue weighted by Crippen LogP contribution is -2.52.